The van der Waals surface area contributed by atoms with Crippen LogP contribution in [0.5, 0.6) is 0 Å². The van der Waals surface area contributed by atoms with E-state index in [1.54, 1.807) is 12.3 Å². The van der Waals surface area contributed by atoms with Gasteiger partial charge in [0.2, 0.25) is 5.43 Å². The summed E-state index contributed by atoms with van der Waals surface area (Å²) in [6.07, 6.45) is 12.4. The summed E-state index contributed by atoms with van der Waals surface area (Å²) in [5.41, 5.74) is 0.376. The molecule has 1 aromatic heterocycles. The smallest absolute Gasteiger partial charge is 0.307 e. The van der Waals surface area contributed by atoms with E-state index in [-0.39, 0.29) is 35.4 Å². The Morgan fingerprint density at radius 1 is 1.07 bits per heavy atom. The normalized spacial score (nSPS) is 13.9. The van der Waals surface area contributed by atoms with Crippen LogP contribution in [0, 0.1) is 11.7 Å². The zero-order valence-electron chi connectivity index (χ0n) is 26.0. The molecule has 7 nitrogen and oxygen atoms in total. The first-order valence-electron chi connectivity index (χ1n) is 15.3. The molecule has 1 aromatic carbocycles. The minimum absolute atomic E-state index is 0.00704. The molecule has 0 bridgehead atoms. The SMILES string of the molecule is C/C=C\CC(CC)C(CC(=O)OC)NC(=O)c1cn(C(CC)CC)c2cc(NC(CC)CCCC)c(F)cc2c1=O. The molecule has 2 aromatic rings. The molecule has 0 fully saturated rings. The number of ether oxygens (including phenoxy) is 1. The van der Waals surface area contributed by atoms with E-state index in [4.69, 9.17) is 4.74 Å². The van der Waals surface area contributed by atoms with Crippen LogP contribution in [-0.2, 0) is 9.53 Å². The van der Waals surface area contributed by atoms with Crippen molar-refractivity contribution in [1.29, 1.82) is 0 Å². The quantitative estimate of drug-likeness (QED) is 0.151. The van der Waals surface area contributed by atoms with Gasteiger partial charge >= 0.3 is 5.97 Å². The van der Waals surface area contributed by atoms with Crippen molar-refractivity contribution in [3.63, 3.8) is 0 Å². The maximum absolute atomic E-state index is 15.4. The number of unbranched alkanes of at least 4 members (excludes halogenated alkanes) is 1. The number of carbonyl (C=O) groups is 2. The van der Waals surface area contributed by atoms with E-state index in [1.807, 2.05) is 30.6 Å². The molecular weight excluding hydrogens is 521 g/mol. The van der Waals surface area contributed by atoms with Crippen LogP contribution in [0.1, 0.15) is 116 Å². The summed E-state index contributed by atoms with van der Waals surface area (Å²) in [6.45, 7) is 12.2. The highest BCUT2D eigenvalue weighted by atomic mass is 19.1. The number of nitrogens with one attached hydrogen (secondary N) is 2. The minimum Gasteiger partial charge on any atom is -0.469 e. The summed E-state index contributed by atoms with van der Waals surface area (Å²) in [6, 6.07) is 2.58. The van der Waals surface area contributed by atoms with Gasteiger partial charge in [-0.3, -0.25) is 14.4 Å². The van der Waals surface area contributed by atoms with Crippen molar-refractivity contribution in [3.8, 4) is 0 Å². The zero-order valence-corrected chi connectivity index (χ0v) is 26.0. The number of nitrogens with zero attached hydrogens (tertiary/aromatic N) is 1. The Hall–Kier alpha value is -3.16. The predicted octanol–water partition coefficient (Wildman–Crippen LogP) is 7.54. The number of esters is 1. The van der Waals surface area contributed by atoms with Gasteiger partial charge in [-0.1, -0.05) is 66.0 Å². The second kappa shape index (κ2) is 16.9. The van der Waals surface area contributed by atoms with Crippen molar-refractivity contribution in [2.75, 3.05) is 12.4 Å². The molecule has 0 saturated heterocycles. The summed E-state index contributed by atoms with van der Waals surface area (Å²) in [7, 11) is 1.32. The molecule has 228 valence electrons. The first-order valence-corrected chi connectivity index (χ1v) is 15.3. The molecule has 0 aliphatic carbocycles. The Morgan fingerprint density at radius 2 is 1.78 bits per heavy atom. The first-order chi connectivity index (χ1) is 19.7. The largest absolute Gasteiger partial charge is 0.469 e. The topological polar surface area (TPSA) is 89.4 Å². The van der Waals surface area contributed by atoms with Gasteiger partial charge in [-0.25, -0.2) is 4.39 Å². The van der Waals surface area contributed by atoms with Gasteiger partial charge in [0.05, 0.1) is 24.7 Å². The number of halogens is 1. The van der Waals surface area contributed by atoms with Crippen molar-refractivity contribution < 1.29 is 18.7 Å². The van der Waals surface area contributed by atoms with E-state index in [0.717, 1.165) is 44.9 Å². The van der Waals surface area contributed by atoms with E-state index < -0.39 is 29.2 Å². The molecule has 0 radical (unpaired) electrons. The maximum atomic E-state index is 15.4. The van der Waals surface area contributed by atoms with Crippen LogP contribution in [-0.4, -0.2) is 35.6 Å². The molecule has 8 heteroatoms. The Morgan fingerprint density at radius 3 is 2.34 bits per heavy atom. The van der Waals surface area contributed by atoms with Crippen LogP contribution in [0.3, 0.4) is 0 Å². The summed E-state index contributed by atoms with van der Waals surface area (Å²) in [5, 5.41) is 6.47. The number of aromatic nitrogens is 1. The number of hydrogen-bond donors (Lipinski definition) is 2. The van der Waals surface area contributed by atoms with Crippen molar-refractivity contribution in [1.82, 2.24) is 9.88 Å². The number of carbonyl (C=O) groups excluding carboxylic acids is 2. The summed E-state index contributed by atoms with van der Waals surface area (Å²) in [4.78, 5) is 39.6. The molecule has 0 spiro atoms. The Labute approximate surface area is 244 Å². The second-order valence-electron chi connectivity index (χ2n) is 10.8. The van der Waals surface area contributed by atoms with Crippen LogP contribution in [0.4, 0.5) is 10.1 Å². The summed E-state index contributed by atoms with van der Waals surface area (Å²) in [5.74, 6) is -1.55. The molecule has 0 aliphatic rings. The highest BCUT2D eigenvalue weighted by Crippen LogP contribution is 2.28. The second-order valence-corrected chi connectivity index (χ2v) is 10.8. The standard InChI is InChI=1S/C33H50FN3O4/c1-8-14-16-22(10-3)28(20-31(38)41-7)36-33(40)26-21-37(24(12-5)13-6)30-19-29(27(34)18-25(30)32(26)39)35-23(11-4)17-15-9-2/h8,14,18-19,21-24,28,35H,9-13,15-17,20H2,1-7H3,(H,36,40)/b14-8-. The molecule has 1 heterocycles. The van der Waals surface area contributed by atoms with E-state index >= 15 is 4.39 Å². The minimum atomic E-state index is -0.572. The highest BCUT2D eigenvalue weighted by molar-refractivity contribution is 5.98. The van der Waals surface area contributed by atoms with Crippen molar-refractivity contribution >= 4 is 28.5 Å². The molecular formula is C33H50FN3O4. The third kappa shape index (κ3) is 8.91. The highest BCUT2D eigenvalue weighted by Gasteiger charge is 2.27. The third-order valence-corrected chi connectivity index (χ3v) is 8.16. The van der Waals surface area contributed by atoms with Crippen LogP contribution < -0.4 is 16.1 Å². The molecule has 2 rings (SSSR count). The summed E-state index contributed by atoms with van der Waals surface area (Å²) < 4.78 is 22.3. The average molecular weight is 572 g/mol. The van der Waals surface area contributed by atoms with E-state index in [0.29, 0.717) is 17.6 Å². The monoisotopic (exact) mass is 571 g/mol. The number of pyridine rings is 1. The fourth-order valence-corrected chi connectivity index (χ4v) is 5.45. The van der Waals surface area contributed by atoms with E-state index in [2.05, 4.69) is 38.3 Å². The maximum Gasteiger partial charge on any atom is 0.307 e. The Balaban J connectivity index is 2.64. The Bertz CT molecular complexity index is 1240. The van der Waals surface area contributed by atoms with Gasteiger partial charge in [0.25, 0.3) is 5.91 Å². The third-order valence-electron chi connectivity index (χ3n) is 8.16. The fraction of sp³-hybridized carbons (Fsp3) is 0.606. The lowest BCUT2D eigenvalue weighted by Crippen LogP contribution is -2.43. The average Bonchev–Trinajstić information content (AvgIpc) is 2.97. The van der Waals surface area contributed by atoms with Gasteiger partial charge < -0.3 is 19.9 Å². The number of amides is 1. The predicted molar refractivity (Wildman–Crippen MR) is 166 cm³/mol. The van der Waals surface area contributed by atoms with Gasteiger partial charge in [0.1, 0.15) is 11.4 Å². The van der Waals surface area contributed by atoms with Crippen molar-refractivity contribution in [2.45, 2.75) is 117 Å². The van der Waals surface area contributed by atoms with Gasteiger partial charge in [-0.15, -0.1) is 0 Å². The molecule has 41 heavy (non-hydrogen) atoms. The molecule has 0 aliphatic heterocycles. The van der Waals surface area contributed by atoms with Gasteiger partial charge in [0, 0.05) is 29.7 Å². The number of rotatable bonds is 17. The van der Waals surface area contributed by atoms with Crippen LogP contribution in [0.15, 0.2) is 35.3 Å². The van der Waals surface area contributed by atoms with Gasteiger partial charge in [-0.2, -0.15) is 0 Å². The molecule has 1 amide bonds. The Kier molecular flexibility index (Phi) is 14.1. The van der Waals surface area contributed by atoms with E-state index in [1.165, 1.54) is 13.2 Å². The fourth-order valence-electron chi connectivity index (χ4n) is 5.45. The number of fused-ring (bicyclic) bond motifs is 1. The zero-order chi connectivity index (χ0) is 30.5. The number of allylic oxidation sites excluding steroid dienone is 2. The molecule has 3 atom stereocenters. The van der Waals surface area contributed by atoms with Crippen LogP contribution >= 0.6 is 0 Å². The van der Waals surface area contributed by atoms with Crippen LogP contribution in [0.2, 0.25) is 0 Å². The number of hydrogen-bond acceptors (Lipinski definition) is 5. The first kappa shape index (κ1) is 34.0. The number of benzene rings is 1. The lowest BCUT2D eigenvalue weighted by molar-refractivity contribution is -0.141. The molecule has 2 N–H and O–H groups in total. The molecule has 0 saturated carbocycles. The van der Waals surface area contributed by atoms with Gasteiger partial charge in [-0.05, 0) is 57.1 Å². The molecule has 3 unspecified atom stereocenters. The van der Waals surface area contributed by atoms with Crippen molar-refractivity contribution in [3.05, 3.63) is 52.1 Å². The van der Waals surface area contributed by atoms with Gasteiger partial charge in [0.15, 0.2) is 0 Å². The number of methoxy groups -OCH3 is 1. The summed E-state index contributed by atoms with van der Waals surface area (Å²) >= 11 is 0. The lowest BCUT2D eigenvalue weighted by Gasteiger charge is -2.27. The van der Waals surface area contributed by atoms with Crippen molar-refractivity contribution in [2.24, 2.45) is 5.92 Å². The lowest BCUT2D eigenvalue weighted by atomic mass is 9.90. The number of anilines is 1. The van der Waals surface area contributed by atoms with Crippen LogP contribution in [0.25, 0.3) is 10.9 Å². The van der Waals surface area contributed by atoms with E-state index in [9.17, 15) is 14.4 Å².